The third-order valence-electron chi connectivity index (χ3n) is 5.70. The predicted octanol–water partition coefficient (Wildman–Crippen LogP) is 4.52. The summed E-state index contributed by atoms with van der Waals surface area (Å²) in [6, 6.07) is 9.88. The molecule has 1 aromatic heterocycles. The first-order valence-electron chi connectivity index (χ1n) is 12.7. The van der Waals surface area contributed by atoms with Crippen molar-refractivity contribution >= 4 is 23.4 Å². The Bertz CT molecular complexity index is 1060. The number of Topliss-reactive ketones (excluding diaryl/α,β-unsaturated/α-hetero) is 2. The minimum Gasteiger partial charge on any atom is -0.463 e. The topological polar surface area (TPSA) is 112 Å². The van der Waals surface area contributed by atoms with Gasteiger partial charge in [0.1, 0.15) is 12.4 Å². The third-order valence-corrected chi connectivity index (χ3v) is 5.70. The lowest BCUT2D eigenvalue weighted by Crippen LogP contribution is -2.42. The molecule has 0 aliphatic rings. The molecule has 1 amide bonds. The number of pyridine rings is 1. The van der Waals surface area contributed by atoms with E-state index >= 15 is 0 Å². The number of ether oxygens (including phenoxy) is 2. The van der Waals surface area contributed by atoms with Crippen molar-refractivity contribution in [3.05, 3.63) is 53.7 Å². The number of rotatable bonds is 14. The summed E-state index contributed by atoms with van der Waals surface area (Å²) in [6.07, 6.45) is 1.85. The number of esters is 1. The van der Waals surface area contributed by atoms with Crippen molar-refractivity contribution in [2.75, 3.05) is 19.8 Å². The molecular weight excluding hydrogens is 472 g/mol. The van der Waals surface area contributed by atoms with Gasteiger partial charge in [0.25, 0.3) is 5.91 Å². The van der Waals surface area contributed by atoms with Gasteiger partial charge in [-0.1, -0.05) is 53.7 Å². The van der Waals surface area contributed by atoms with E-state index in [1.807, 2.05) is 27.7 Å². The van der Waals surface area contributed by atoms with E-state index in [4.69, 9.17) is 9.47 Å². The number of carbonyl (C=O) groups is 4. The number of aromatic nitrogens is 1. The molecule has 0 fully saturated rings. The molecule has 0 spiro atoms. The van der Waals surface area contributed by atoms with Crippen LogP contribution in [0.1, 0.15) is 68.7 Å². The van der Waals surface area contributed by atoms with Gasteiger partial charge in [-0.2, -0.15) is 0 Å². The van der Waals surface area contributed by atoms with E-state index in [-0.39, 0.29) is 67.4 Å². The number of nitrogens with zero attached hydrogens (tertiary/aromatic N) is 1. The highest BCUT2D eigenvalue weighted by atomic mass is 16.5. The fourth-order valence-corrected chi connectivity index (χ4v) is 3.27. The van der Waals surface area contributed by atoms with Gasteiger partial charge < -0.3 is 14.8 Å². The zero-order valence-corrected chi connectivity index (χ0v) is 22.6. The van der Waals surface area contributed by atoms with Crippen LogP contribution in [-0.2, 0) is 19.1 Å². The Morgan fingerprint density at radius 3 is 2.00 bits per heavy atom. The van der Waals surface area contributed by atoms with E-state index in [1.165, 1.54) is 0 Å². The van der Waals surface area contributed by atoms with E-state index < -0.39 is 6.04 Å². The second kappa shape index (κ2) is 14.4. The predicted molar refractivity (Wildman–Crippen MR) is 141 cm³/mol. The Morgan fingerprint density at radius 2 is 1.46 bits per heavy atom. The molecule has 2 aromatic rings. The van der Waals surface area contributed by atoms with E-state index in [2.05, 4.69) is 10.3 Å². The van der Waals surface area contributed by atoms with Crippen LogP contribution in [0.15, 0.2) is 42.6 Å². The summed E-state index contributed by atoms with van der Waals surface area (Å²) in [5, 5.41) is 2.85. The van der Waals surface area contributed by atoms with Crippen molar-refractivity contribution in [1.29, 1.82) is 0 Å². The molecule has 200 valence electrons. The third kappa shape index (κ3) is 9.53. The van der Waals surface area contributed by atoms with Crippen molar-refractivity contribution in [3.8, 4) is 11.3 Å². The monoisotopic (exact) mass is 510 g/mol. The number of hydrogen-bond acceptors (Lipinski definition) is 7. The average molecular weight is 511 g/mol. The number of benzene rings is 1. The van der Waals surface area contributed by atoms with Crippen LogP contribution in [0.5, 0.6) is 0 Å². The van der Waals surface area contributed by atoms with E-state index in [9.17, 15) is 19.2 Å². The van der Waals surface area contributed by atoms with Crippen molar-refractivity contribution in [3.63, 3.8) is 0 Å². The fraction of sp³-hybridized carbons (Fsp3) is 0.483. The lowest BCUT2D eigenvalue weighted by molar-refractivity contribution is -0.148. The van der Waals surface area contributed by atoms with Gasteiger partial charge in [-0.05, 0) is 24.3 Å². The number of carbonyl (C=O) groups excluding carboxylic acids is 4. The molecule has 8 nitrogen and oxygen atoms in total. The summed E-state index contributed by atoms with van der Waals surface area (Å²) in [5.41, 5.74) is 2.48. The Balaban J connectivity index is 2.02. The summed E-state index contributed by atoms with van der Waals surface area (Å²) in [7, 11) is 0. The standard InChI is InChI=1S/C29H38N2O6/c1-18(2)26(32)13-14-36-16-24(17-37-29(35)20(5)6)31-28(34)22-9-7-21(8-10-22)25-12-11-23(15-30-25)27(33)19(3)4/h7-12,15,18-20,24H,13-14,16-17H2,1-6H3,(H,31,34). The maximum absolute atomic E-state index is 12.9. The van der Waals surface area contributed by atoms with E-state index in [0.29, 0.717) is 16.8 Å². The van der Waals surface area contributed by atoms with Gasteiger partial charge in [0.05, 0.1) is 30.9 Å². The summed E-state index contributed by atoms with van der Waals surface area (Å²) >= 11 is 0. The van der Waals surface area contributed by atoms with Gasteiger partial charge in [0, 0.05) is 41.1 Å². The summed E-state index contributed by atoms with van der Waals surface area (Å²) in [6.45, 7) is 11.1. The van der Waals surface area contributed by atoms with Crippen molar-refractivity contribution in [1.82, 2.24) is 10.3 Å². The van der Waals surface area contributed by atoms with Crippen LogP contribution in [0, 0.1) is 17.8 Å². The van der Waals surface area contributed by atoms with Crippen LogP contribution in [-0.4, -0.2) is 54.3 Å². The van der Waals surface area contributed by atoms with Gasteiger partial charge in [-0.3, -0.25) is 24.2 Å². The lowest BCUT2D eigenvalue weighted by atomic mass is 10.0. The lowest BCUT2D eigenvalue weighted by Gasteiger charge is -2.20. The molecule has 1 atom stereocenters. The Hall–Kier alpha value is -3.39. The van der Waals surface area contributed by atoms with Crippen LogP contribution >= 0.6 is 0 Å². The zero-order valence-electron chi connectivity index (χ0n) is 22.6. The highest BCUT2D eigenvalue weighted by Crippen LogP contribution is 2.19. The number of hydrogen-bond donors (Lipinski definition) is 1. The van der Waals surface area contributed by atoms with Crippen LogP contribution in [0.25, 0.3) is 11.3 Å². The Morgan fingerprint density at radius 1 is 0.811 bits per heavy atom. The SMILES string of the molecule is CC(C)C(=O)CCOCC(COC(=O)C(C)C)NC(=O)c1ccc(-c2ccc(C(=O)C(C)C)cn2)cc1. The van der Waals surface area contributed by atoms with Crippen molar-refractivity contribution < 1.29 is 28.7 Å². The first kappa shape index (κ1) is 29.8. The summed E-state index contributed by atoms with van der Waals surface area (Å²) < 4.78 is 10.9. The van der Waals surface area contributed by atoms with Gasteiger partial charge in [0.2, 0.25) is 0 Å². The quantitative estimate of drug-likeness (QED) is 0.226. The molecule has 37 heavy (non-hydrogen) atoms. The Kier molecular flexibility index (Phi) is 11.6. The fourth-order valence-electron chi connectivity index (χ4n) is 3.27. The first-order valence-corrected chi connectivity index (χ1v) is 12.7. The second-order valence-electron chi connectivity index (χ2n) is 9.93. The molecule has 1 unspecified atom stereocenters. The van der Waals surface area contributed by atoms with Crippen LogP contribution in [0.3, 0.4) is 0 Å². The second-order valence-corrected chi connectivity index (χ2v) is 9.93. The van der Waals surface area contributed by atoms with Gasteiger partial charge in [-0.25, -0.2) is 0 Å². The van der Waals surface area contributed by atoms with Crippen LogP contribution in [0.2, 0.25) is 0 Å². The van der Waals surface area contributed by atoms with Crippen molar-refractivity contribution in [2.45, 2.75) is 54.0 Å². The highest BCUT2D eigenvalue weighted by molar-refractivity contribution is 5.97. The normalized spacial score (nSPS) is 12.0. The zero-order chi connectivity index (χ0) is 27.5. The molecule has 0 saturated carbocycles. The maximum Gasteiger partial charge on any atom is 0.308 e. The van der Waals surface area contributed by atoms with Crippen LogP contribution < -0.4 is 5.32 Å². The smallest absolute Gasteiger partial charge is 0.308 e. The molecule has 2 rings (SSSR count). The van der Waals surface area contributed by atoms with Gasteiger partial charge in [-0.15, -0.1) is 0 Å². The minimum atomic E-state index is -0.572. The molecule has 0 aliphatic carbocycles. The molecule has 1 aromatic carbocycles. The molecule has 0 bridgehead atoms. The molecule has 0 radical (unpaired) electrons. The summed E-state index contributed by atoms with van der Waals surface area (Å²) in [5.74, 6) is -1.03. The molecule has 0 saturated heterocycles. The number of nitrogens with one attached hydrogen (secondary N) is 1. The van der Waals surface area contributed by atoms with E-state index in [1.54, 1.807) is 56.4 Å². The van der Waals surface area contributed by atoms with Crippen molar-refractivity contribution in [2.24, 2.45) is 17.8 Å². The minimum absolute atomic E-state index is 0.0372. The molecule has 1 heterocycles. The number of ketones is 2. The highest BCUT2D eigenvalue weighted by Gasteiger charge is 2.19. The summed E-state index contributed by atoms with van der Waals surface area (Å²) in [4.78, 5) is 53.1. The Labute approximate surface area is 219 Å². The molecule has 8 heteroatoms. The number of amides is 1. The van der Waals surface area contributed by atoms with Gasteiger partial charge >= 0.3 is 5.97 Å². The molecule has 0 aliphatic heterocycles. The largest absolute Gasteiger partial charge is 0.463 e. The maximum atomic E-state index is 12.9. The average Bonchev–Trinajstić information content (AvgIpc) is 2.88. The first-order chi connectivity index (χ1) is 17.5. The van der Waals surface area contributed by atoms with E-state index in [0.717, 1.165) is 5.56 Å². The molecular formula is C29H38N2O6. The molecule has 1 N–H and O–H groups in total. The van der Waals surface area contributed by atoms with Crippen LogP contribution in [0.4, 0.5) is 0 Å². The van der Waals surface area contributed by atoms with Gasteiger partial charge in [0.15, 0.2) is 5.78 Å².